The van der Waals surface area contributed by atoms with Gasteiger partial charge in [0, 0.05) is 31.6 Å². The number of pyridine rings is 1. The molecule has 28 heavy (non-hydrogen) atoms. The first-order chi connectivity index (χ1) is 13.6. The van der Waals surface area contributed by atoms with E-state index in [-0.39, 0.29) is 0 Å². The minimum absolute atomic E-state index is 0.512. The third-order valence-corrected chi connectivity index (χ3v) is 4.43. The molecule has 0 radical (unpaired) electrons. The van der Waals surface area contributed by atoms with Crippen LogP contribution in [0.1, 0.15) is 11.1 Å². The van der Waals surface area contributed by atoms with Crippen LogP contribution in [0.5, 0.6) is 23.1 Å². The smallest absolute Gasteiger partial charge is 0.219 e. The van der Waals surface area contributed by atoms with Crippen molar-refractivity contribution in [2.45, 2.75) is 13.8 Å². The molecule has 0 saturated heterocycles. The maximum absolute atomic E-state index is 6.09. The first kappa shape index (κ1) is 17.8. The summed E-state index contributed by atoms with van der Waals surface area (Å²) in [6.07, 6.45) is 3.64. The van der Waals surface area contributed by atoms with Crippen molar-refractivity contribution in [1.29, 1.82) is 0 Å². The Morgan fingerprint density at radius 2 is 1.57 bits per heavy atom. The highest BCUT2D eigenvalue weighted by atomic mass is 16.5. The summed E-state index contributed by atoms with van der Waals surface area (Å²) >= 11 is 0. The number of hydrogen-bond donors (Lipinski definition) is 0. The van der Waals surface area contributed by atoms with Crippen molar-refractivity contribution in [3.8, 4) is 34.6 Å². The Morgan fingerprint density at radius 3 is 2.29 bits per heavy atom. The molecular formula is C23H21N3O2. The predicted octanol–water partition coefficient (Wildman–Crippen LogP) is 5.68. The van der Waals surface area contributed by atoms with E-state index in [0.29, 0.717) is 11.6 Å². The van der Waals surface area contributed by atoms with E-state index in [1.54, 1.807) is 6.20 Å². The van der Waals surface area contributed by atoms with Gasteiger partial charge in [-0.25, -0.2) is 9.97 Å². The molecule has 0 N–H and O–H groups in total. The molecular weight excluding hydrogens is 350 g/mol. The quantitative estimate of drug-likeness (QED) is 0.453. The molecule has 0 fully saturated rings. The molecule has 2 heterocycles. The van der Waals surface area contributed by atoms with Gasteiger partial charge in [-0.15, -0.1) is 0 Å². The van der Waals surface area contributed by atoms with Crippen LogP contribution in [0.2, 0.25) is 0 Å². The van der Waals surface area contributed by atoms with Gasteiger partial charge >= 0.3 is 0 Å². The third kappa shape index (κ3) is 3.74. The molecule has 0 unspecified atom stereocenters. The molecule has 5 heteroatoms. The van der Waals surface area contributed by atoms with Gasteiger partial charge in [-0.2, -0.15) is 0 Å². The molecule has 0 atom stereocenters. The van der Waals surface area contributed by atoms with E-state index >= 15 is 0 Å². The maximum Gasteiger partial charge on any atom is 0.219 e. The lowest BCUT2D eigenvalue weighted by molar-refractivity contribution is 0.445. The zero-order valence-corrected chi connectivity index (χ0v) is 16.1. The van der Waals surface area contributed by atoms with Gasteiger partial charge in [0.25, 0.3) is 0 Å². The second kappa shape index (κ2) is 7.56. The zero-order valence-electron chi connectivity index (χ0n) is 16.1. The summed E-state index contributed by atoms with van der Waals surface area (Å²) in [5.74, 6) is 3.56. The average molecular weight is 371 g/mol. The summed E-state index contributed by atoms with van der Waals surface area (Å²) in [7, 11) is 1.94. The van der Waals surface area contributed by atoms with Gasteiger partial charge in [0.2, 0.25) is 5.88 Å². The third-order valence-electron chi connectivity index (χ3n) is 4.43. The van der Waals surface area contributed by atoms with Gasteiger partial charge in [-0.3, -0.25) is 0 Å². The van der Waals surface area contributed by atoms with Crippen LogP contribution in [-0.2, 0) is 7.05 Å². The van der Waals surface area contributed by atoms with Crippen LogP contribution in [0.15, 0.2) is 73.1 Å². The van der Waals surface area contributed by atoms with Gasteiger partial charge in [0.1, 0.15) is 22.9 Å². The first-order valence-electron chi connectivity index (χ1n) is 9.07. The second-order valence-electron chi connectivity index (χ2n) is 6.62. The molecule has 2 aromatic carbocycles. The molecule has 0 aliphatic carbocycles. The Labute approximate surface area is 164 Å². The minimum atomic E-state index is 0.512. The Hall–Kier alpha value is -3.60. The van der Waals surface area contributed by atoms with E-state index in [9.17, 15) is 0 Å². The highest BCUT2D eigenvalue weighted by Gasteiger charge is 2.11. The Balaban J connectivity index is 1.63. The fraction of sp³-hybridized carbons (Fsp3) is 0.130. The number of imidazole rings is 1. The van der Waals surface area contributed by atoms with Crippen LogP contribution in [0.3, 0.4) is 0 Å². The van der Waals surface area contributed by atoms with Crippen LogP contribution >= 0.6 is 0 Å². The monoisotopic (exact) mass is 371 g/mol. The van der Waals surface area contributed by atoms with Crippen molar-refractivity contribution < 1.29 is 9.47 Å². The number of para-hydroxylation sites is 1. The molecule has 4 aromatic rings. The Bertz CT molecular complexity index is 1100. The van der Waals surface area contributed by atoms with Crippen LogP contribution < -0.4 is 9.47 Å². The Kier molecular flexibility index (Phi) is 4.81. The number of ether oxygens (including phenoxy) is 2. The fourth-order valence-electron chi connectivity index (χ4n) is 2.97. The maximum atomic E-state index is 6.09. The van der Waals surface area contributed by atoms with Crippen LogP contribution in [-0.4, -0.2) is 14.5 Å². The lowest BCUT2D eigenvalue weighted by Gasteiger charge is -2.14. The summed E-state index contributed by atoms with van der Waals surface area (Å²) < 4.78 is 14.0. The highest BCUT2D eigenvalue weighted by molar-refractivity contribution is 5.52. The van der Waals surface area contributed by atoms with Gasteiger partial charge in [-0.05, 0) is 49.2 Å². The molecule has 0 bridgehead atoms. The van der Waals surface area contributed by atoms with E-state index in [1.165, 1.54) is 0 Å². The summed E-state index contributed by atoms with van der Waals surface area (Å²) in [6, 6.07) is 19.3. The van der Waals surface area contributed by atoms with E-state index < -0.39 is 0 Å². The van der Waals surface area contributed by atoms with Crippen molar-refractivity contribution >= 4 is 0 Å². The van der Waals surface area contributed by atoms with E-state index in [0.717, 1.165) is 34.1 Å². The zero-order chi connectivity index (χ0) is 19.5. The lowest BCUT2D eigenvalue weighted by Crippen LogP contribution is -1.97. The van der Waals surface area contributed by atoms with Crippen molar-refractivity contribution in [3.05, 3.63) is 84.2 Å². The molecule has 0 spiro atoms. The van der Waals surface area contributed by atoms with Gasteiger partial charge in [-0.1, -0.05) is 24.3 Å². The summed E-state index contributed by atoms with van der Waals surface area (Å²) in [5, 5.41) is 0. The topological polar surface area (TPSA) is 49.2 Å². The van der Waals surface area contributed by atoms with E-state index in [4.69, 9.17) is 9.47 Å². The van der Waals surface area contributed by atoms with Crippen LogP contribution in [0.25, 0.3) is 11.5 Å². The summed E-state index contributed by atoms with van der Waals surface area (Å²) in [5.41, 5.74) is 2.82. The van der Waals surface area contributed by atoms with Crippen LogP contribution in [0, 0.1) is 13.8 Å². The van der Waals surface area contributed by atoms with Gasteiger partial charge < -0.3 is 14.0 Å². The Morgan fingerprint density at radius 1 is 0.821 bits per heavy atom. The predicted molar refractivity (Wildman–Crippen MR) is 109 cm³/mol. The SMILES string of the molecule is Cc1cc(C)c(Oc2cccc(-c3nccn3C)n2)cc1Oc1ccccc1. The van der Waals surface area contributed by atoms with Crippen molar-refractivity contribution in [2.75, 3.05) is 0 Å². The molecule has 0 aliphatic heterocycles. The van der Waals surface area contributed by atoms with Crippen molar-refractivity contribution in [1.82, 2.24) is 14.5 Å². The standard InChI is InChI=1S/C23H21N3O2/c1-16-14-17(2)21(15-20(16)27-18-8-5-4-6-9-18)28-22-11-7-10-19(25-22)23-24-12-13-26(23)3/h4-15H,1-3H3. The molecule has 0 aliphatic rings. The summed E-state index contributed by atoms with van der Waals surface area (Å²) in [6.45, 7) is 4.03. The highest BCUT2D eigenvalue weighted by Crippen LogP contribution is 2.34. The number of aryl methyl sites for hydroxylation is 3. The van der Waals surface area contributed by atoms with Crippen molar-refractivity contribution in [3.63, 3.8) is 0 Å². The molecule has 0 amide bonds. The molecule has 140 valence electrons. The van der Waals surface area contributed by atoms with Crippen molar-refractivity contribution in [2.24, 2.45) is 7.05 Å². The number of rotatable bonds is 5. The normalized spacial score (nSPS) is 10.7. The largest absolute Gasteiger partial charge is 0.457 e. The molecule has 0 saturated carbocycles. The number of nitrogens with zero attached hydrogens (tertiary/aromatic N) is 3. The number of hydrogen-bond acceptors (Lipinski definition) is 4. The number of aromatic nitrogens is 3. The summed E-state index contributed by atoms with van der Waals surface area (Å²) in [4.78, 5) is 8.95. The van der Waals surface area contributed by atoms with Gasteiger partial charge in [0.05, 0.1) is 0 Å². The average Bonchev–Trinajstić information content (AvgIpc) is 3.13. The minimum Gasteiger partial charge on any atom is -0.457 e. The fourth-order valence-corrected chi connectivity index (χ4v) is 2.97. The second-order valence-corrected chi connectivity index (χ2v) is 6.62. The van der Waals surface area contributed by atoms with E-state index in [2.05, 4.69) is 16.0 Å². The molecule has 5 nitrogen and oxygen atoms in total. The van der Waals surface area contributed by atoms with Crippen LogP contribution in [0.4, 0.5) is 0 Å². The number of benzene rings is 2. The molecule has 4 rings (SSSR count). The molecule has 2 aromatic heterocycles. The van der Waals surface area contributed by atoms with Gasteiger partial charge in [0.15, 0.2) is 5.82 Å². The first-order valence-corrected chi connectivity index (χ1v) is 9.07. The lowest BCUT2D eigenvalue weighted by atomic mass is 10.1. The van der Waals surface area contributed by atoms with E-state index in [1.807, 2.05) is 86.3 Å².